The molecule has 0 aliphatic carbocycles. The number of carbonyl (C=O) groups excluding carboxylic acids is 2. The summed E-state index contributed by atoms with van der Waals surface area (Å²) in [7, 11) is 1.52. The van der Waals surface area contributed by atoms with Gasteiger partial charge in [-0.2, -0.15) is 0 Å². The van der Waals surface area contributed by atoms with Gasteiger partial charge in [-0.3, -0.25) is 9.59 Å². The summed E-state index contributed by atoms with van der Waals surface area (Å²) in [5, 5.41) is 7.93. The summed E-state index contributed by atoms with van der Waals surface area (Å²) in [6, 6.07) is 0. The number of hydrogen-bond acceptors (Lipinski definition) is 4. The number of rotatable bonds is 5. The molecule has 15 heavy (non-hydrogen) atoms. The summed E-state index contributed by atoms with van der Waals surface area (Å²) in [4.78, 5) is 22.0. The summed E-state index contributed by atoms with van der Waals surface area (Å²) in [6.45, 7) is 3.45. The fraction of sp³-hybridized carbons (Fsp3) is 0.778. The summed E-state index contributed by atoms with van der Waals surface area (Å²) in [5.41, 5.74) is -0.232. The van der Waals surface area contributed by atoms with Crippen LogP contribution >= 0.6 is 0 Å². The topological polar surface area (TPSA) is 79.5 Å². The molecule has 0 spiro atoms. The molecule has 6 nitrogen and oxygen atoms in total. The van der Waals surface area contributed by atoms with Crippen molar-refractivity contribution >= 4 is 11.8 Å². The molecular weight excluding hydrogens is 198 g/mol. The molecule has 0 aromatic carbocycles. The molecule has 0 bridgehead atoms. The Bertz CT molecular complexity index is 251. The van der Waals surface area contributed by atoms with Gasteiger partial charge >= 0.3 is 0 Å². The van der Waals surface area contributed by atoms with Crippen molar-refractivity contribution in [3.8, 4) is 0 Å². The molecule has 0 unspecified atom stereocenters. The minimum atomic E-state index is -0.272. The Morgan fingerprint density at radius 3 is 2.53 bits per heavy atom. The molecule has 0 saturated carbocycles. The van der Waals surface area contributed by atoms with Gasteiger partial charge in [-0.1, -0.05) is 0 Å². The smallest absolute Gasteiger partial charge is 0.246 e. The molecule has 1 rings (SSSR count). The Hall–Kier alpha value is -1.14. The maximum atomic E-state index is 11.2. The van der Waals surface area contributed by atoms with Crippen LogP contribution in [-0.4, -0.2) is 50.7 Å². The number of amides is 2. The molecule has 1 aliphatic heterocycles. The highest BCUT2D eigenvalue weighted by atomic mass is 16.5. The van der Waals surface area contributed by atoms with Gasteiger partial charge in [0.05, 0.1) is 12.1 Å². The average Bonchev–Trinajstić information content (AvgIpc) is 2.20. The highest BCUT2D eigenvalue weighted by Gasteiger charge is 2.32. The molecule has 1 heterocycles. The van der Waals surface area contributed by atoms with E-state index in [-0.39, 0.29) is 30.6 Å². The SMILES string of the molecule is CNC(=O)CNC(=O)COC1(C)CNC1. The van der Waals surface area contributed by atoms with E-state index in [1.165, 1.54) is 7.05 Å². The Morgan fingerprint density at radius 1 is 1.40 bits per heavy atom. The lowest BCUT2D eigenvalue weighted by Crippen LogP contribution is -2.59. The minimum absolute atomic E-state index is 0.00479. The Balaban J connectivity index is 2.10. The van der Waals surface area contributed by atoms with Gasteiger partial charge in [-0.15, -0.1) is 0 Å². The fourth-order valence-corrected chi connectivity index (χ4v) is 1.14. The van der Waals surface area contributed by atoms with Gasteiger partial charge in [-0.25, -0.2) is 0 Å². The molecule has 0 aromatic heterocycles. The summed E-state index contributed by atoms with van der Waals surface area (Å²) < 4.78 is 5.39. The maximum absolute atomic E-state index is 11.2. The van der Waals surface area contributed by atoms with Crippen LogP contribution in [0.1, 0.15) is 6.92 Å². The van der Waals surface area contributed by atoms with E-state index in [0.29, 0.717) is 0 Å². The normalized spacial score (nSPS) is 17.7. The molecule has 86 valence electrons. The number of carbonyl (C=O) groups is 2. The van der Waals surface area contributed by atoms with E-state index in [1.807, 2.05) is 6.92 Å². The van der Waals surface area contributed by atoms with Crippen LogP contribution in [0.25, 0.3) is 0 Å². The molecule has 1 aliphatic rings. The molecule has 0 aromatic rings. The van der Waals surface area contributed by atoms with Crippen molar-refractivity contribution in [2.24, 2.45) is 0 Å². The standard InChI is InChI=1S/C9H17N3O3/c1-9(5-11-6-9)15-4-8(14)12-3-7(13)10-2/h11H,3-6H2,1-2H3,(H,10,13)(H,12,14). The predicted octanol–water partition coefficient (Wildman–Crippen LogP) is -1.77. The molecule has 6 heteroatoms. The number of likely N-dealkylation sites (N-methyl/N-ethyl adjacent to an activating group) is 1. The van der Waals surface area contributed by atoms with Crippen LogP contribution in [0.5, 0.6) is 0 Å². The van der Waals surface area contributed by atoms with Gasteiger partial charge in [0.25, 0.3) is 0 Å². The van der Waals surface area contributed by atoms with Gasteiger partial charge in [0.15, 0.2) is 0 Å². The van der Waals surface area contributed by atoms with E-state index in [9.17, 15) is 9.59 Å². The van der Waals surface area contributed by atoms with Crippen LogP contribution < -0.4 is 16.0 Å². The van der Waals surface area contributed by atoms with E-state index in [2.05, 4.69) is 16.0 Å². The lowest BCUT2D eigenvalue weighted by atomic mass is 10.0. The highest BCUT2D eigenvalue weighted by Crippen LogP contribution is 2.14. The first-order chi connectivity index (χ1) is 7.06. The van der Waals surface area contributed by atoms with Crippen LogP contribution in [0.15, 0.2) is 0 Å². The zero-order valence-electron chi connectivity index (χ0n) is 9.05. The Kier molecular flexibility index (Phi) is 4.05. The van der Waals surface area contributed by atoms with Gasteiger partial charge in [0, 0.05) is 20.1 Å². The quantitative estimate of drug-likeness (QED) is 0.507. The summed E-state index contributed by atoms with van der Waals surface area (Å²) in [5.74, 6) is -0.494. The van der Waals surface area contributed by atoms with Gasteiger partial charge < -0.3 is 20.7 Å². The second-order valence-corrected chi connectivity index (χ2v) is 3.79. The average molecular weight is 215 g/mol. The molecule has 2 amide bonds. The third-order valence-electron chi connectivity index (χ3n) is 2.27. The first-order valence-electron chi connectivity index (χ1n) is 4.88. The van der Waals surface area contributed by atoms with E-state index >= 15 is 0 Å². The van der Waals surface area contributed by atoms with E-state index in [4.69, 9.17) is 4.74 Å². The van der Waals surface area contributed by atoms with Gasteiger partial charge in [0.2, 0.25) is 11.8 Å². The summed E-state index contributed by atoms with van der Waals surface area (Å²) in [6.07, 6.45) is 0. The Morgan fingerprint density at radius 2 is 2.07 bits per heavy atom. The van der Waals surface area contributed by atoms with Crippen LogP contribution in [-0.2, 0) is 14.3 Å². The van der Waals surface area contributed by atoms with E-state index in [0.717, 1.165) is 13.1 Å². The lowest BCUT2D eigenvalue weighted by Gasteiger charge is -2.38. The van der Waals surface area contributed by atoms with Crippen molar-refractivity contribution in [1.29, 1.82) is 0 Å². The van der Waals surface area contributed by atoms with Crippen molar-refractivity contribution < 1.29 is 14.3 Å². The Labute approximate surface area is 88.7 Å². The first-order valence-corrected chi connectivity index (χ1v) is 4.88. The monoisotopic (exact) mass is 215 g/mol. The zero-order chi connectivity index (χ0) is 11.3. The molecule has 0 radical (unpaired) electrons. The first kappa shape index (κ1) is 11.9. The van der Waals surface area contributed by atoms with Crippen LogP contribution in [0, 0.1) is 0 Å². The second kappa shape index (κ2) is 5.09. The third-order valence-corrected chi connectivity index (χ3v) is 2.27. The molecular formula is C9H17N3O3. The predicted molar refractivity (Wildman–Crippen MR) is 54.3 cm³/mol. The minimum Gasteiger partial charge on any atom is -0.363 e. The zero-order valence-corrected chi connectivity index (χ0v) is 9.05. The van der Waals surface area contributed by atoms with Crippen LogP contribution in [0.4, 0.5) is 0 Å². The van der Waals surface area contributed by atoms with Gasteiger partial charge in [-0.05, 0) is 6.92 Å². The van der Waals surface area contributed by atoms with Gasteiger partial charge in [0.1, 0.15) is 6.61 Å². The third kappa shape index (κ3) is 3.85. The van der Waals surface area contributed by atoms with Crippen LogP contribution in [0.2, 0.25) is 0 Å². The summed E-state index contributed by atoms with van der Waals surface area (Å²) >= 11 is 0. The van der Waals surface area contributed by atoms with Crippen molar-refractivity contribution in [3.05, 3.63) is 0 Å². The fourth-order valence-electron chi connectivity index (χ4n) is 1.14. The lowest BCUT2D eigenvalue weighted by molar-refractivity contribution is -0.137. The molecule has 1 fully saturated rings. The number of ether oxygens (including phenoxy) is 1. The maximum Gasteiger partial charge on any atom is 0.246 e. The number of nitrogens with one attached hydrogen (secondary N) is 3. The van der Waals surface area contributed by atoms with Crippen molar-refractivity contribution in [2.75, 3.05) is 33.3 Å². The van der Waals surface area contributed by atoms with E-state index in [1.54, 1.807) is 0 Å². The molecule has 3 N–H and O–H groups in total. The molecule has 0 atom stereocenters. The van der Waals surface area contributed by atoms with Crippen molar-refractivity contribution in [3.63, 3.8) is 0 Å². The van der Waals surface area contributed by atoms with Crippen LogP contribution in [0.3, 0.4) is 0 Å². The number of hydrogen-bond donors (Lipinski definition) is 3. The second-order valence-electron chi connectivity index (χ2n) is 3.79. The highest BCUT2D eigenvalue weighted by molar-refractivity contribution is 5.84. The van der Waals surface area contributed by atoms with Crippen molar-refractivity contribution in [2.45, 2.75) is 12.5 Å². The largest absolute Gasteiger partial charge is 0.363 e. The van der Waals surface area contributed by atoms with E-state index < -0.39 is 0 Å². The van der Waals surface area contributed by atoms with Crippen molar-refractivity contribution in [1.82, 2.24) is 16.0 Å². The molecule has 1 saturated heterocycles.